The molecule has 0 saturated carbocycles. The third-order valence-electron chi connectivity index (χ3n) is 3.51. The number of nitrogens with zero attached hydrogens (tertiary/aromatic N) is 1. The Bertz CT molecular complexity index is 719. The molecule has 1 atom stereocenters. The highest BCUT2D eigenvalue weighted by Gasteiger charge is 2.29. The van der Waals surface area contributed by atoms with Crippen LogP contribution >= 0.6 is 0 Å². The molecular formula is C15H17NO5S. The molecule has 1 aromatic carbocycles. The molecule has 0 bridgehead atoms. The molecule has 1 aliphatic rings. The number of carbonyl (C=O) groups is 1. The Balaban J connectivity index is 2.20. The van der Waals surface area contributed by atoms with Crippen molar-refractivity contribution < 1.29 is 23.1 Å². The lowest BCUT2D eigenvalue weighted by Gasteiger charge is -2.25. The second-order valence-corrected chi connectivity index (χ2v) is 6.99. The zero-order valence-electron chi connectivity index (χ0n) is 12.3. The molecule has 7 heteroatoms. The lowest BCUT2D eigenvalue weighted by molar-refractivity contribution is -0.132. The Kier molecular flexibility index (Phi) is 4.56. The highest BCUT2D eigenvalue weighted by atomic mass is 32.2. The maximum absolute atomic E-state index is 12.6. The number of hydrogen-bond donors (Lipinski definition) is 1. The summed E-state index contributed by atoms with van der Waals surface area (Å²) >= 11 is 0. The summed E-state index contributed by atoms with van der Waals surface area (Å²) in [6.45, 7) is 0. The van der Waals surface area contributed by atoms with E-state index in [-0.39, 0.29) is 12.0 Å². The van der Waals surface area contributed by atoms with Gasteiger partial charge in [0.1, 0.15) is 11.0 Å². The van der Waals surface area contributed by atoms with Crippen LogP contribution in [0.5, 0.6) is 5.75 Å². The summed E-state index contributed by atoms with van der Waals surface area (Å²) in [6, 6.07) is 6.67. The number of ether oxygens (including phenoxy) is 1. The van der Waals surface area contributed by atoms with Gasteiger partial charge in [-0.1, -0.05) is 18.2 Å². The van der Waals surface area contributed by atoms with Crippen LogP contribution in [0.3, 0.4) is 0 Å². The first-order valence-electron chi connectivity index (χ1n) is 6.59. The molecule has 6 nitrogen and oxygen atoms in total. The number of anilines is 1. The van der Waals surface area contributed by atoms with E-state index >= 15 is 0 Å². The number of hydrogen-bond acceptors (Lipinski definition) is 4. The Hall–Kier alpha value is -2.28. The Morgan fingerprint density at radius 3 is 2.41 bits per heavy atom. The SMILES string of the molecule is COc1ccc(N(C)S(=O)(=O)C2C=CC(C(=O)O)=CC2)cc1. The Labute approximate surface area is 129 Å². The summed E-state index contributed by atoms with van der Waals surface area (Å²) in [4.78, 5) is 10.8. The number of carboxylic acids is 1. The molecule has 0 amide bonds. The van der Waals surface area contributed by atoms with Crippen LogP contribution in [0.25, 0.3) is 0 Å². The largest absolute Gasteiger partial charge is 0.497 e. The van der Waals surface area contributed by atoms with Gasteiger partial charge in [0.15, 0.2) is 0 Å². The summed E-state index contributed by atoms with van der Waals surface area (Å²) in [5.74, 6) is -0.420. The van der Waals surface area contributed by atoms with Crippen molar-refractivity contribution in [1.82, 2.24) is 0 Å². The van der Waals surface area contributed by atoms with Crippen molar-refractivity contribution in [3.63, 3.8) is 0 Å². The van der Waals surface area contributed by atoms with Crippen LogP contribution in [-0.4, -0.2) is 38.9 Å². The van der Waals surface area contributed by atoms with Crippen LogP contribution in [0.1, 0.15) is 6.42 Å². The molecule has 0 aromatic heterocycles. The minimum absolute atomic E-state index is 0.110. The molecular weight excluding hydrogens is 306 g/mol. The minimum atomic E-state index is -3.62. The number of carboxylic acid groups (broad SMARTS) is 1. The molecule has 22 heavy (non-hydrogen) atoms. The minimum Gasteiger partial charge on any atom is -0.497 e. The van der Waals surface area contributed by atoms with Gasteiger partial charge in [0.2, 0.25) is 10.0 Å². The van der Waals surface area contributed by atoms with Crippen molar-refractivity contribution in [2.45, 2.75) is 11.7 Å². The Morgan fingerprint density at radius 1 is 1.32 bits per heavy atom. The maximum atomic E-state index is 12.6. The molecule has 0 saturated heterocycles. The first-order valence-corrected chi connectivity index (χ1v) is 8.10. The molecule has 1 unspecified atom stereocenters. The summed E-state index contributed by atoms with van der Waals surface area (Å²) < 4.78 is 31.4. The van der Waals surface area contributed by atoms with Crippen molar-refractivity contribution in [2.24, 2.45) is 0 Å². The number of benzene rings is 1. The summed E-state index contributed by atoms with van der Waals surface area (Å²) in [5, 5.41) is 8.10. The highest BCUT2D eigenvalue weighted by molar-refractivity contribution is 7.93. The van der Waals surface area contributed by atoms with Gasteiger partial charge < -0.3 is 9.84 Å². The van der Waals surface area contributed by atoms with E-state index in [0.717, 1.165) is 0 Å². The summed E-state index contributed by atoms with van der Waals surface area (Å²) in [5.41, 5.74) is 0.626. The van der Waals surface area contributed by atoms with Gasteiger partial charge in [-0.3, -0.25) is 4.31 Å². The van der Waals surface area contributed by atoms with Crippen LogP contribution in [0.2, 0.25) is 0 Å². The fourth-order valence-electron chi connectivity index (χ4n) is 2.12. The Morgan fingerprint density at radius 2 is 1.95 bits per heavy atom. The number of aliphatic carboxylic acids is 1. The van der Waals surface area contributed by atoms with E-state index in [0.29, 0.717) is 11.4 Å². The molecule has 2 rings (SSSR count). The monoisotopic (exact) mass is 323 g/mol. The smallest absolute Gasteiger partial charge is 0.335 e. The predicted octanol–water partition coefficient (Wildman–Crippen LogP) is 1.80. The van der Waals surface area contributed by atoms with Crippen molar-refractivity contribution in [1.29, 1.82) is 0 Å². The van der Waals surface area contributed by atoms with E-state index < -0.39 is 21.2 Å². The number of allylic oxidation sites excluding steroid dienone is 1. The second kappa shape index (κ2) is 6.23. The zero-order chi connectivity index (χ0) is 16.3. The van der Waals surface area contributed by atoms with Gasteiger partial charge in [-0.2, -0.15) is 0 Å². The van der Waals surface area contributed by atoms with E-state index in [1.165, 1.54) is 36.7 Å². The number of rotatable bonds is 5. The lowest BCUT2D eigenvalue weighted by atomic mass is 10.1. The normalized spacial score (nSPS) is 17.7. The first kappa shape index (κ1) is 16.1. The third-order valence-corrected chi connectivity index (χ3v) is 5.60. The zero-order valence-corrected chi connectivity index (χ0v) is 13.1. The van der Waals surface area contributed by atoms with Crippen molar-refractivity contribution in [2.75, 3.05) is 18.5 Å². The van der Waals surface area contributed by atoms with E-state index in [2.05, 4.69) is 0 Å². The van der Waals surface area contributed by atoms with Crippen LogP contribution in [-0.2, 0) is 14.8 Å². The molecule has 118 valence electrons. The van der Waals surface area contributed by atoms with Gasteiger partial charge in [0, 0.05) is 7.05 Å². The molecule has 0 heterocycles. The molecule has 1 N–H and O–H groups in total. The van der Waals surface area contributed by atoms with Crippen LogP contribution in [0.15, 0.2) is 48.1 Å². The molecule has 0 fully saturated rings. The van der Waals surface area contributed by atoms with Crippen LogP contribution < -0.4 is 9.04 Å². The summed E-state index contributed by atoms with van der Waals surface area (Å²) in [6.07, 6.45) is 4.31. The van der Waals surface area contributed by atoms with E-state index in [9.17, 15) is 13.2 Å². The van der Waals surface area contributed by atoms with Gasteiger partial charge in [-0.15, -0.1) is 0 Å². The average Bonchev–Trinajstić information content (AvgIpc) is 2.54. The first-order chi connectivity index (χ1) is 10.4. The molecule has 0 spiro atoms. The van der Waals surface area contributed by atoms with Crippen molar-refractivity contribution in [3.8, 4) is 5.75 Å². The maximum Gasteiger partial charge on any atom is 0.335 e. The van der Waals surface area contributed by atoms with E-state index in [1.807, 2.05) is 0 Å². The van der Waals surface area contributed by atoms with Gasteiger partial charge in [-0.25, -0.2) is 13.2 Å². The third kappa shape index (κ3) is 3.14. The van der Waals surface area contributed by atoms with Gasteiger partial charge >= 0.3 is 5.97 Å². The highest BCUT2D eigenvalue weighted by Crippen LogP contribution is 2.25. The fraction of sp³-hybridized carbons (Fsp3) is 0.267. The number of methoxy groups -OCH3 is 1. The van der Waals surface area contributed by atoms with Crippen LogP contribution in [0, 0.1) is 0 Å². The van der Waals surface area contributed by atoms with Crippen molar-refractivity contribution in [3.05, 3.63) is 48.1 Å². The van der Waals surface area contributed by atoms with Gasteiger partial charge in [0.25, 0.3) is 0 Å². The lowest BCUT2D eigenvalue weighted by Crippen LogP contribution is -2.35. The molecule has 0 radical (unpaired) electrons. The number of sulfonamides is 1. The van der Waals surface area contributed by atoms with Gasteiger partial charge in [-0.05, 0) is 30.7 Å². The van der Waals surface area contributed by atoms with Gasteiger partial charge in [0.05, 0.1) is 18.4 Å². The van der Waals surface area contributed by atoms with Crippen molar-refractivity contribution >= 4 is 21.7 Å². The average molecular weight is 323 g/mol. The molecule has 0 aliphatic heterocycles. The summed E-state index contributed by atoms with van der Waals surface area (Å²) in [7, 11) is -0.606. The van der Waals surface area contributed by atoms with E-state index in [4.69, 9.17) is 9.84 Å². The quantitative estimate of drug-likeness (QED) is 0.893. The molecule has 1 aliphatic carbocycles. The molecule has 1 aromatic rings. The van der Waals surface area contributed by atoms with E-state index in [1.54, 1.807) is 24.3 Å². The second-order valence-electron chi connectivity index (χ2n) is 4.81. The fourth-order valence-corrected chi connectivity index (χ4v) is 3.56. The predicted molar refractivity (Wildman–Crippen MR) is 83.6 cm³/mol. The van der Waals surface area contributed by atoms with Crippen LogP contribution in [0.4, 0.5) is 5.69 Å². The topological polar surface area (TPSA) is 83.9 Å². The standard InChI is InChI=1S/C15H17NO5S/c1-16(12-5-7-13(21-2)8-6-12)22(19,20)14-9-3-11(4-10-14)15(17)18/h3-9,14H,10H2,1-2H3,(H,17,18).